The number of esters is 1. The lowest BCUT2D eigenvalue weighted by Crippen LogP contribution is -2.10. The number of carbonyl (C=O) groups is 1. The summed E-state index contributed by atoms with van der Waals surface area (Å²) in [4.78, 5) is 15.0. The van der Waals surface area contributed by atoms with E-state index in [4.69, 9.17) is 4.42 Å². The predicted molar refractivity (Wildman–Crippen MR) is 41.7 cm³/mol. The van der Waals surface area contributed by atoms with Crippen LogP contribution >= 0.6 is 0 Å². The number of nitrogens with zero attached hydrogens (tertiary/aromatic N) is 1. The first kappa shape index (κ1) is 8.77. The second-order valence-electron chi connectivity index (χ2n) is 2.54. The fourth-order valence-corrected chi connectivity index (χ4v) is 0.877. The smallest absolute Gasteiger partial charge is 0.314 e. The maximum atomic E-state index is 11.0. The lowest BCUT2D eigenvalue weighted by Gasteiger charge is -2.03. The third kappa shape index (κ3) is 1.64. The first-order chi connectivity index (χ1) is 5.65. The van der Waals surface area contributed by atoms with E-state index in [-0.39, 0.29) is 11.9 Å². The Morgan fingerprint density at radius 3 is 2.83 bits per heavy atom. The first-order valence-electron chi connectivity index (χ1n) is 3.65. The van der Waals surface area contributed by atoms with E-state index in [1.54, 1.807) is 13.8 Å². The van der Waals surface area contributed by atoms with Gasteiger partial charge in [-0.25, -0.2) is 4.98 Å². The van der Waals surface area contributed by atoms with Gasteiger partial charge in [-0.2, -0.15) is 0 Å². The van der Waals surface area contributed by atoms with Crippen molar-refractivity contribution in [2.45, 2.75) is 19.8 Å². The molecule has 66 valence electrons. The summed E-state index contributed by atoms with van der Waals surface area (Å²) in [6.45, 7) is 3.45. The molecule has 0 aliphatic rings. The molecule has 1 heterocycles. The van der Waals surface area contributed by atoms with Crippen LogP contribution in [-0.4, -0.2) is 18.1 Å². The molecule has 0 spiro atoms. The summed E-state index contributed by atoms with van der Waals surface area (Å²) in [7, 11) is 1.35. The van der Waals surface area contributed by atoms with E-state index in [0.29, 0.717) is 11.6 Å². The van der Waals surface area contributed by atoms with E-state index in [9.17, 15) is 4.79 Å². The highest BCUT2D eigenvalue weighted by Crippen LogP contribution is 2.15. The van der Waals surface area contributed by atoms with Crippen LogP contribution in [0.2, 0.25) is 0 Å². The van der Waals surface area contributed by atoms with Gasteiger partial charge in [-0.05, 0) is 6.92 Å². The average Bonchev–Trinajstić information content (AvgIpc) is 2.49. The molecule has 0 N–H and O–H groups in total. The number of rotatable bonds is 2. The van der Waals surface area contributed by atoms with Crippen LogP contribution in [0.15, 0.2) is 10.7 Å². The zero-order chi connectivity index (χ0) is 9.14. The minimum atomic E-state index is -0.354. The normalized spacial score (nSPS) is 12.6. The zero-order valence-electron chi connectivity index (χ0n) is 7.33. The number of carbonyl (C=O) groups excluding carboxylic acids is 1. The summed E-state index contributed by atoms with van der Waals surface area (Å²) in [6, 6.07) is 0. The van der Waals surface area contributed by atoms with E-state index in [0.717, 1.165) is 0 Å². The molecule has 0 radical (unpaired) electrons. The van der Waals surface area contributed by atoms with Crippen LogP contribution in [0.3, 0.4) is 0 Å². The Hall–Kier alpha value is -1.32. The fourth-order valence-electron chi connectivity index (χ4n) is 0.877. The van der Waals surface area contributed by atoms with Crippen LogP contribution in [0, 0.1) is 6.92 Å². The van der Waals surface area contributed by atoms with Gasteiger partial charge in [0, 0.05) is 6.92 Å². The van der Waals surface area contributed by atoms with Gasteiger partial charge < -0.3 is 9.15 Å². The van der Waals surface area contributed by atoms with Crippen molar-refractivity contribution in [2.75, 3.05) is 7.11 Å². The highest BCUT2D eigenvalue weighted by molar-refractivity contribution is 5.76. The molecule has 0 unspecified atom stereocenters. The quantitative estimate of drug-likeness (QED) is 0.625. The molecule has 0 amide bonds. The summed E-state index contributed by atoms with van der Waals surface area (Å²) in [5.41, 5.74) is 0.611. The van der Waals surface area contributed by atoms with E-state index in [1.165, 1.54) is 13.4 Å². The lowest BCUT2D eigenvalue weighted by molar-refractivity contribution is -0.142. The second-order valence-corrected chi connectivity index (χ2v) is 2.54. The summed E-state index contributed by atoms with van der Waals surface area (Å²) in [5.74, 6) is -0.100. The Kier molecular flexibility index (Phi) is 2.47. The van der Waals surface area contributed by atoms with E-state index < -0.39 is 0 Å². The summed E-state index contributed by atoms with van der Waals surface area (Å²) < 4.78 is 9.52. The van der Waals surface area contributed by atoms with Crippen molar-refractivity contribution in [1.29, 1.82) is 0 Å². The number of ether oxygens (including phenoxy) is 1. The molecular formula is C8H11NO3. The SMILES string of the molecule is COC(=O)[C@@H](C)c1coc(C)n1. The number of hydrogen-bond donors (Lipinski definition) is 0. The molecule has 0 saturated heterocycles. The second kappa shape index (κ2) is 3.38. The molecule has 4 nitrogen and oxygen atoms in total. The molecule has 0 aromatic carbocycles. The van der Waals surface area contributed by atoms with Gasteiger partial charge >= 0.3 is 5.97 Å². The van der Waals surface area contributed by atoms with Crippen LogP contribution in [0.25, 0.3) is 0 Å². The number of oxazole rings is 1. The molecule has 1 atom stereocenters. The maximum Gasteiger partial charge on any atom is 0.314 e. The van der Waals surface area contributed by atoms with Crippen LogP contribution < -0.4 is 0 Å². The average molecular weight is 169 g/mol. The Balaban J connectivity index is 2.77. The Bertz CT molecular complexity index is 280. The Labute approximate surface area is 70.5 Å². The Morgan fingerprint density at radius 2 is 2.42 bits per heavy atom. The van der Waals surface area contributed by atoms with Gasteiger partial charge in [0.2, 0.25) is 0 Å². The molecule has 12 heavy (non-hydrogen) atoms. The van der Waals surface area contributed by atoms with Gasteiger partial charge in [0.25, 0.3) is 0 Å². The van der Waals surface area contributed by atoms with Crippen molar-refractivity contribution in [2.24, 2.45) is 0 Å². The number of aromatic nitrogens is 1. The largest absolute Gasteiger partial charge is 0.469 e. The zero-order valence-corrected chi connectivity index (χ0v) is 7.33. The van der Waals surface area contributed by atoms with Crippen molar-refractivity contribution in [3.63, 3.8) is 0 Å². The molecule has 0 saturated carbocycles. The van der Waals surface area contributed by atoms with Gasteiger partial charge in [0.05, 0.1) is 18.7 Å². The number of methoxy groups -OCH3 is 1. The van der Waals surface area contributed by atoms with Gasteiger partial charge in [-0.15, -0.1) is 0 Å². The van der Waals surface area contributed by atoms with Crippen molar-refractivity contribution >= 4 is 5.97 Å². The van der Waals surface area contributed by atoms with Gasteiger partial charge in [-0.1, -0.05) is 0 Å². The van der Waals surface area contributed by atoms with E-state index in [2.05, 4.69) is 9.72 Å². The summed E-state index contributed by atoms with van der Waals surface area (Å²) >= 11 is 0. The van der Waals surface area contributed by atoms with Crippen molar-refractivity contribution < 1.29 is 13.9 Å². The van der Waals surface area contributed by atoms with Crippen molar-refractivity contribution in [1.82, 2.24) is 4.98 Å². The highest BCUT2D eigenvalue weighted by atomic mass is 16.5. The van der Waals surface area contributed by atoms with Crippen LogP contribution in [0.1, 0.15) is 24.4 Å². The summed E-state index contributed by atoms with van der Waals surface area (Å²) in [5, 5.41) is 0. The molecule has 0 bridgehead atoms. The van der Waals surface area contributed by atoms with Gasteiger partial charge in [0.1, 0.15) is 6.26 Å². The maximum absolute atomic E-state index is 11.0. The molecular weight excluding hydrogens is 158 g/mol. The Morgan fingerprint density at radius 1 is 1.75 bits per heavy atom. The monoisotopic (exact) mass is 169 g/mol. The molecule has 4 heteroatoms. The standard InChI is InChI=1S/C8H11NO3/c1-5(8(10)11-3)7-4-12-6(2)9-7/h4-5H,1-3H3/t5-/m0/s1. The highest BCUT2D eigenvalue weighted by Gasteiger charge is 2.18. The molecule has 1 rings (SSSR count). The fraction of sp³-hybridized carbons (Fsp3) is 0.500. The molecule has 0 fully saturated rings. The van der Waals surface area contributed by atoms with Crippen molar-refractivity contribution in [3.8, 4) is 0 Å². The van der Waals surface area contributed by atoms with Crippen LogP contribution in [0.5, 0.6) is 0 Å². The van der Waals surface area contributed by atoms with E-state index >= 15 is 0 Å². The molecule has 1 aromatic rings. The van der Waals surface area contributed by atoms with Crippen LogP contribution in [-0.2, 0) is 9.53 Å². The first-order valence-corrected chi connectivity index (χ1v) is 3.65. The van der Waals surface area contributed by atoms with Crippen LogP contribution in [0.4, 0.5) is 0 Å². The lowest BCUT2D eigenvalue weighted by atomic mass is 10.1. The van der Waals surface area contributed by atoms with E-state index in [1.807, 2.05) is 0 Å². The molecule has 0 aliphatic heterocycles. The predicted octanol–water partition coefficient (Wildman–Crippen LogP) is 1.26. The third-order valence-corrected chi connectivity index (χ3v) is 1.64. The molecule has 1 aromatic heterocycles. The van der Waals surface area contributed by atoms with Crippen molar-refractivity contribution in [3.05, 3.63) is 17.8 Å². The van der Waals surface area contributed by atoms with Gasteiger partial charge in [0.15, 0.2) is 5.89 Å². The third-order valence-electron chi connectivity index (χ3n) is 1.64. The summed E-state index contributed by atoms with van der Waals surface area (Å²) in [6.07, 6.45) is 1.47. The molecule has 0 aliphatic carbocycles. The number of hydrogen-bond acceptors (Lipinski definition) is 4. The number of aryl methyl sites for hydroxylation is 1. The minimum absolute atomic E-state index is 0.302. The van der Waals surface area contributed by atoms with Gasteiger partial charge in [-0.3, -0.25) is 4.79 Å². The topological polar surface area (TPSA) is 52.3 Å². The minimum Gasteiger partial charge on any atom is -0.469 e.